The van der Waals surface area contributed by atoms with Crippen molar-refractivity contribution in [3.8, 4) is 11.8 Å². The van der Waals surface area contributed by atoms with Gasteiger partial charge < -0.3 is 9.47 Å². The molecule has 122 valence electrons. The molecule has 1 amide bonds. The number of nitrogens with one attached hydrogen (secondary N) is 1. The first-order chi connectivity index (χ1) is 10.7. The molecule has 0 saturated heterocycles. The lowest BCUT2D eigenvalue weighted by atomic mass is 10.2. The van der Waals surface area contributed by atoms with E-state index < -0.39 is 17.7 Å². The molecule has 23 heavy (non-hydrogen) atoms. The fourth-order valence-electron chi connectivity index (χ4n) is 1.39. The van der Waals surface area contributed by atoms with E-state index in [2.05, 4.69) is 37.8 Å². The van der Waals surface area contributed by atoms with Gasteiger partial charge in [-0.15, -0.1) is 0 Å². The molecular weight excluding hydrogens is 362 g/mol. The number of allylic oxidation sites excluding steroid dienone is 1. The molecule has 0 bridgehead atoms. The van der Waals surface area contributed by atoms with E-state index in [0.717, 1.165) is 10.0 Å². The van der Waals surface area contributed by atoms with Gasteiger partial charge in [0.05, 0.1) is 7.11 Å². The maximum atomic E-state index is 11.7. The molecule has 1 aromatic rings. The standard InChI is InChI=1S/C17H18BrNO4/c1-17(2,3)23-16(21)19-14(15(20)22-4)7-5-6-12-8-10-13(18)11-9-12/h7-11H,1-4H3,(H,19,21)/b14-7+. The lowest BCUT2D eigenvalue weighted by Crippen LogP contribution is -2.34. The highest BCUT2D eigenvalue weighted by Crippen LogP contribution is 2.10. The first-order valence-electron chi connectivity index (χ1n) is 6.77. The van der Waals surface area contributed by atoms with Crippen molar-refractivity contribution in [3.05, 3.63) is 46.1 Å². The Hall–Kier alpha value is -2.26. The van der Waals surface area contributed by atoms with E-state index in [0.29, 0.717) is 0 Å². The number of benzene rings is 1. The molecule has 0 aliphatic rings. The monoisotopic (exact) mass is 379 g/mol. The summed E-state index contributed by atoms with van der Waals surface area (Å²) in [5.74, 6) is 4.85. The number of ether oxygens (including phenoxy) is 2. The van der Waals surface area contributed by atoms with Crippen LogP contribution in [0.25, 0.3) is 0 Å². The SMILES string of the molecule is COC(=O)/C(=C\C#Cc1ccc(Br)cc1)NC(=O)OC(C)(C)C. The fourth-order valence-corrected chi connectivity index (χ4v) is 1.66. The Balaban J connectivity index is 2.88. The number of hydrogen-bond acceptors (Lipinski definition) is 4. The lowest BCUT2D eigenvalue weighted by molar-refractivity contribution is -0.136. The second-order valence-corrected chi connectivity index (χ2v) is 6.37. The molecule has 0 fully saturated rings. The highest BCUT2D eigenvalue weighted by molar-refractivity contribution is 9.10. The summed E-state index contributed by atoms with van der Waals surface area (Å²) in [5.41, 5.74) is 0.00585. The van der Waals surface area contributed by atoms with E-state index in [1.165, 1.54) is 13.2 Å². The Kier molecular flexibility index (Phi) is 6.86. The highest BCUT2D eigenvalue weighted by Gasteiger charge is 2.19. The molecule has 1 aromatic carbocycles. The van der Waals surface area contributed by atoms with E-state index >= 15 is 0 Å². The number of methoxy groups -OCH3 is 1. The van der Waals surface area contributed by atoms with Gasteiger partial charge in [-0.2, -0.15) is 0 Å². The maximum absolute atomic E-state index is 11.7. The van der Waals surface area contributed by atoms with E-state index in [9.17, 15) is 9.59 Å². The number of esters is 1. The van der Waals surface area contributed by atoms with Crippen LogP contribution in [-0.2, 0) is 14.3 Å². The van der Waals surface area contributed by atoms with Gasteiger partial charge in [0.25, 0.3) is 0 Å². The van der Waals surface area contributed by atoms with Crippen LogP contribution in [0.4, 0.5) is 4.79 Å². The van der Waals surface area contributed by atoms with Gasteiger partial charge in [-0.1, -0.05) is 27.8 Å². The van der Waals surface area contributed by atoms with Crippen molar-refractivity contribution in [2.45, 2.75) is 26.4 Å². The molecule has 0 spiro atoms. The number of halogens is 1. The molecule has 0 atom stereocenters. The van der Waals surface area contributed by atoms with Gasteiger partial charge in [0.15, 0.2) is 0 Å². The van der Waals surface area contributed by atoms with E-state index in [1.807, 2.05) is 24.3 Å². The van der Waals surface area contributed by atoms with Gasteiger partial charge in [0.1, 0.15) is 11.3 Å². The predicted molar refractivity (Wildman–Crippen MR) is 90.5 cm³/mol. The second-order valence-electron chi connectivity index (χ2n) is 5.45. The van der Waals surface area contributed by atoms with Gasteiger partial charge in [0, 0.05) is 16.1 Å². The average molecular weight is 380 g/mol. The van der Waals surface area contributed by atoms with Crippen molar-refractivity contribution < 1.29 is 19.1 Å². The van der Waals surface area contributed by atoms with Crippen LogP contribution in [0.3, 0.4) is 0 Å². The van der Waals surface area contributed by atoms with Crippen LogP contribution in [-0.4, -0.2) is 24.8 Å². The molecular formula is C17H18BrNO4. The zero-order chi connectivity index (χ0) is 17.5. The van der Waals surface area contributed by atoms with Crippen molar-refractivity contribution in [1.29, 1.82) is 0 Å². The summed E-state index contributed by atoms with van der Waals surface area (Å²) in [6, 6.07) is 7.36. The van der Waals surface area contributed by atoms with Crippen molar-refractivity contribution in [2.75, 3.05) is 7.11 Å². The normalized spacial score (nSPS) is 11.1. The van der Waals surface area contributed by atoms with Gasteiger partial charge >= 0.3 is 12.1 Å². The first kappa shape index (κ1) is 18.8. The minimum absolute atomic E-state index is 0.0913. The number of carbonyl (C=O) groups is 2. The third-order valence-corrected chi connectivity index (χ3v) is 2.85. The number of amides is 1. The Morgan fingerprint density at radius 1 is 1.22 bits per heavy atom. The van der Waals surface area contributed by atoms with Crippen LogP contribution in [0.5, 0.6) is 0 Å². The van der Waals surface area contributed by atoms with E-state index in [-0.39, 0.29) is 5.70 Å². The van der Waals surface area contributed by atoms with Gasteiger partial charge in [-0.25, -0.2) is 9.59 Å². The molecule has 0 aliphatic carbocycles. The lowest BCUT2D eigenvalue weighted by Gasteiger charge is -2.19. The fraction of sp³-hybridized carbons (Fsp3) is 0.294. The average Bonchev–Trinajstić information content (AvgIpc) is 2.45. The van der Waals surface area contributed by atoms with Crippen LogP contribution in [0.1, 0.15) is 26.3 Å². The summed E-state index contributed by atoms with van der Waals surface area (Å²) in [7, 11) is 1.22. The molecule has 0 saturated carbocycles. The summed E-state index contributed by atoms with van der Waals surface area (Å²) in [5, 5.41) is 2.34. The Morgan fingerprint density at radius 3 is 2.35 bits per heavy atom. The number of carbonyl (C=O) groups excluding carboxylic acids is 2. The molecule has 1 N–H and O–H groups in total. The predicted octanol–water partition coefficient (Wildman–Crippen LogP) is 3.38. The molecule has 0 unspecified atom stereocenters. The Bertz CT molecular complexity index is 661. The molecule has 1 rings (SSSR count). The Morgan fingerprint density at radius 2 is 1.83 bits per heavy atom. The van der Waals surface area contributed by atoms with Crippen molar-refractivity contribution in [1.82, 2.24) is 5.32 Å². The van der Waals surface area contributed by atoms with Crippen molar-refractivity contribution in [3.63, 3.8) is 0 Å². The largest absolute Gasteiger partial charge is 0.464 e. The summed E-state index contributed by atoms with van der Waals surface area (Å²) >= 11 is 3.33. The minimum atomic E-state index is -0.750. The van der Waals surface area contributed by atoms with Gasteiger partial charge in [-0.05, 0) is 45.0 Å². The number of rotatable bonds is 2. The topological polar surface area (TPSA) is 64.6 Å². The zero-order valence-corrected chi connectivity index (χ0v) is 15.0. The third-order valence-electron chi connectivity index (χ3n) is 2.32. The van der Waals surface area contributed by atoms with Gasteiger partial charge in [0.2, 0.25) is 0 Å². The number of hydrogen-bond donors (Lipinski definition) is 1. The van der Waals surface area contributed by atoms with Crippen LogP contribution in [0, 0.1) is 11.8 Å². The summed E-state index contributed by atoms with van der Waals surface area (Å²) < 4.78 is 10.6. The van der Waals surface area contributed by atoms with Crippen molar-refractivity contribution in [2.24, 2.45) is 0 Å². The summed E-state index contributed by atoms with van der Waals surface area (Å²) in [6.45, 7) is 5.17. The highest BCUT2D eigenvalue weighted by atomic mass is 79.9. The van der Waals surface area contributed by atoms with E-state index in [1.54, 1.807) is 20.8 Å². The zero-order valence-electron chi connectivity index (χ0n) is 13.4. The molecule has 0 heterocycles. The number of alkyl carbamates (subject to hydrolysis) is 1. The summed E-state index contributed by atoms with van der Waals surface area (Å²) in [4.78, 5) is 23.4. The summed E-state index contributed by atoms with van der Waals surface area (Å²) in [6.07, 6.45) is 0.525. The van der Waals surface area contributed by atoms with Crippen LogP contribution in [0.15, 0.2) is 40.5 Å². The van der Waals surface area contributed by atoms with E-state index in [4.69, 9.17) is 4.74 Å². The molecule has 0 radical (unpaired) electrons. The van der Waals surface area contributed by atoms with Crippen molar-refractivity contribution >= 4 is 28.0 Å². The second kappa shape index (κ2) is 8.39. The molecule has 5 nitrogen and oxygen atoms in total. The van der Waals surface area contributed by atoms with Crippen LogP contribution < -0.4 is 5.32 Å². The van der Waals surface area contributed by atoms with Crippen LogP contribution >= 0.6 is 15.9 Å². The first-order valence-corrected chi connectivity index (χ1v) is 7.56. The Labute approximate surface area is 144 Å². The molecule has 0 aromatic heterocycles. The third kappa shape index (κ3) is 7.52. The van der Waals surface area contributed by atoms with Gasteiger partial charge in [-0.3, -0.25) is 5.32 Å². The molecule has 0 aliphatic heterocycles. The molecule has 6 heteroatoms. The maximum Gasteiger partial charge on any atom is 0.412 e. The smallest absolute Gasteiger partial charge is 0.412 e. The quantitative estimate of drug-likeness (QED) is 0.485. The minimum Gasteiger partial charge on any atom is -0.464 e. The van der Waals surface area contributed by atoms with Crippen LogP contribution in [0.2, 0.25) is 0 Å².